The lowest BCUT2D eigenvalue weighted by atomic mass is 10.1. The number of nitrogens with zero attached hydrogens (tertiary/aromatic N) is 2. The highest BCUT2D eigenvalue weighted by molar-refractivity contribution is 6.30. The zero-order valence-electron chi connectivity index (χ0n) is 5.86. The van der Waals surface area contributed by atoms with Crippen LogP contribution in [0.15, 0.2) is 12.3 Å². The third-order valence-electron chi connectivity index (χ3n) is 1.11. The van der Waals surface area contributed by atoms with Crippen molar-refractivity contribution in [1.82, 2.24) is 9.78 Å². The van der Waals surface area contributed by atoms with Crippen LogP contribution in [0.3, 0.4) is 0 Å². The summed E-state index contributed by atoms with van der Waals surface area (Å²) in [5.74, 6) is 0. The predicted octanol–water partition coefficient (Wildman–Crippen LogP) is -0.942. The zero-order valence-corrected chi connectivity index (χ0v) is 5.86. The Labute approximate surface area is 61.1 Å². The SMILES string of the molecule is [B]c1ccn(C[C@@H](C)O)n1. The Balaban J connectivity index is 2.58. The Morgan fingerprint density at radius 3 is 3.00 bits per heavy atom. The Hall–Kier alpha value is -0.765. The van der Waals surface area contributed by atoms with Crippen molar-refractivity contribution in [3.8, 4) is 0 Å². The molecule has 0 spiro atoms. The van der Waals surface area contributed by atoms with Crippen molar-refractivity contribution in [2.75, 3.05) is 0 Å². The highest BCUT2D eigenvalue weighted by atomic mass is 16.3. The molecule has 1 aromatic heterocycles. The molecular formula is C6H9BN2O. The maximum atomic E-state index is 8.91. The van der Waals surface area contributed by atoms with Crippen molar-refractivity contribution >= 4 is 13.4 Å². The van der Waals surface area contributed by atoms with Gasteiger partial charge in [0.25, 0.3) is 0 Å². The van der Waals surface area contributed by atoms with Crippen molar-refractivity contribution in [3.05, 3.63) is 12.3 Å². The van der Waals surface area contributed by atoms with Crippen LogP contribution in [0.25, 0.3) is 0 Å². The minimum atomic E-state index is -0.376. The molecule has 0 unspecified atom stereocenters. The van der Waals surface area contributed by atoms with Gasteiger partial charge in [0.2, 0.25) is 0 Å². The normalized spacial score (nSPS) is 13.4. The number of aliphatic hydroxyl groups excluding tert-OH is 1. The van der Waals surface area contributed by atoms with E-state index in [1.54, 1.807) is 23.9 Å². The molecule has 1 N–H and O–H groups in total. The Morgan fingerprint density at radius 2 is 2.60 bits per heavy atom. The maximum Gasteiger partial charge on any atom is 0.144 e. The molecular weight excluding hydrogens is 127 g/mol. The van der Waals surface area contributed by atoms with Crippen molar-refractivity contribution in [2.45, 2.75) is 19.6 Å². The molecule has 0 fully saturated rings. The van der Waals surface area contributed by atoms with Crippen LogP contribution in [-0.4, -0.2) is 28.8 Å². The molecule has 0 aliphatic heterocycles. The number of hydrogen-bond acceptors (Lipinski definition) is 2. The molecule has 0 saturated heterocycles. The molecule has 1 aromatic rings. The van der Waals surface area contributed by atoms with Gasteiger partial charge in [-0.25, -0.2) is 0 Å². The molecule has 0 aliphatic rings. The van der Waals surface area contributed by atoms with Gasteiger partial charge in [-0.15, -0.1) is 0 Å². The largest absolute Gasteiger partial charge is 0.391 e. The monoisotopic (exact) mass is 136 g/mol. The second-order valence-electron chi connectivity index (χ2n) is 2.31. The summed E-state index contributed by atoms with van der Waals surface area (Å²) in [4.78, 5) is 0. The maximum absolute atomic E-state index is 8.91. The Morgan fingerprint density at radius 1 is 1.90 bits per heavy atom. The van der Waals surface area contributed by atoms with E-state index in [1.165, 1.54) is 0 Å². The minimum Gasteiger partial charge on any atom is -0.391 e. The van der Waals surface area contributed by atoms with Gasteiger partial charge < -0.3 is 5.11 Å². The quantitative estimate of drug-likeness (QED) is 0.532. The van der Waals surface area contributed by atoms with E-state index in [0.717, 1.165) is 0 Å². The fourth-order valence-electron chi connectivity index (χ4n) is 0.750. The first-order valence-electron chi connectivity index (χ1n) is 3.15. The average Bonchev–Trinajstić information content (AvgIpc) is 2.13. The van der Waals surface area contributed by atoms with Gasteiger partial charge in [0.1, 0.15) is 7.85 Å². The highest BCUT2D eigenvalue weighted by Crippen LogP contribution is 1.86. The lowest BCUT2D eigenvalue weighted by Crippen LogP contribution is -2.15. The molecule has 1 heterocycles. The Kier molecular flexibility index (Phi) is 2.11. The first-order chi connectivity index (χ1) is 4.68. The summed E-state index contributed by atoms with van der Waals surface area (Å²) in [5, 5.41) is 12.8. The molecule has 0 aromatic carbocycles. The summed E-state index contributed by atoms with van der Waals surface area (Å²) in [6.07, 6.45) is 1.36. The molecule has 10 heavy (non-hydrogen) atoms. The molecule has 0 aliphatic carbocycles. The third kappa shape index (κ3) is 1.88. The summed E-state index contributed by atoms with van der Waals surface area (Å²) in [6, 6.07) is 1.70. The van der Waals surface area contributed by atoms with Crippen molar-refractivity contribution in [2.24, 2.45) is 0 Å². The van der Waals surface area contributed by atoms with Crippen LogP contribution in [0.5, 0.6) is 0 Å². The highest BCUT2D eigenvalue weighted by Gasteiger charge is 1.97. The summed E-state index contributed by atoms with van der Waals surface area (Å²) < 4.78 is 1.61. The molecule has 0 saturated carbocycles. The van der Waals surface area contributed by atoms with Gasteiger partial charge in [-0.1, -0.05) is 0 Å². The van der Waals surface area contributed by atoms with Crippen LogP contribution < -0.4 is 5.59 Å². The summed E-state index contributed by atoms with van der Waals surface area (Å²) in [5.41, 5.74) is 0.487. The van der Waals surface area contributed by atoms with Crippen LogP contribution in [0, 0.1) is 0 Å². The first-order valence-corrected chi connectivity index (χ1v) is 3.15. The molecule has 2 radical (unpaired) electrons. The van der Waals surface area contributed by atoms with Gasteiger partial charge in [-0.3, -0.25) is 4.68 Å². The number of rotatable bonds is 2. The topological polar surface area (TPSA) is 38.0 Å². The van der Waals surface area contributed by atoms with Crippen LogP contribution in [0.2, 0.25) is 0 Å². The second kappa shape index (κ2) is 2.88. The molecule has 1 atom stereocenters. The molecule has 52 valence electrons. The summed E-state index contributed by atoms with van der Waals surface area (Å²) >= 11 is 0. The second-order valence-corrected chi connectivity index (χ2v) is 2.31. The van der Waals surface area contributed by atoms with Crippen molar-refractivity contribution < 1.29 is 5.11 Å². The fraction of sp³-hybridized carbons (Fsp3) is 0.500. The summed E-state index contributed by atoms with van der Waals surface area (Å²) in [7, 11) is 5.34. The van der Waals surface area contributed by atoms with Crippen molar-refractivity contribution in [1.29, 1.82) is 0 Å². The van der Waals surface area contributed by atoms with Gasteiger partial charge in [-0.2, -0.15) is 5.10 Å². The lowest BCUT2D eigenvalue weighted by Gasteiger charge is -2.02. The number of aliphatic hydroxyl groups is 1. The van der Waals surface area contributed by atoms with Crippen LogP contribution in [0.4, 0.5) is 0 Å². The van der Waals surface area contributed by atoms with Gasteiger partial charge in [0.15, 0.2) is 0 Å². The predicted molar refractivity (Wildman–Crippen MR) is 39.3 cm³/mol. The van der Waals surface area contributed by atoms with Gasteiger partial charge >= 0.3 is 0 Å². The van der Waals surface area contributed by atoms with E-state index in [0.29, 0.717) is 12.1 Å². The van der Waals surface area contributed by atoms with Gasteiger partial charge in [0.05, 0.1) is 12.6 Å². The zero-order chi connectivity index (χ0) is 7.56. The van der Waals surface area contributed by atoms with E-state index >= 15 is 0 Å². The lowest BCUT2D eigenvalue weighted by molar-refractivity contribution is 0.168. The fourth-order valence-corrected chi connectivity index (χ4v) is 0.750. The molecule has 1 rings (SSSR count). The van der Waals surface area contributed by atoms with Gasteiger partial charge in [0, 0.05) is 11.8 Å². The molecule has 3 nitrogen and oxygen atoms in total. The minimum absolute atomic E-state index is 0.376. The number of aromatic nitrogens is 2. The molecule has 0 amide bonds. The molecule has 0 bridgehead atoms. The van der Waals surface area contributed by atoms with E-state index in [9.17, 15) is 0 Å². The standard InChI is InChI=1S/C6H9BN2O/c1-5(10)4-9-3-2-6(7)8-9/h2-3,5,10H,4H2,1H3/t5-/m1/s1. The average molecular weight is 136 g/mol. The third-order valence-corrected chi connectivity index (χ3v) is 1.11. The van der Waals surface area contributed by atoms with E-state index in [4.69, 9.17) is 13.0 Å². The van der Waals surface area contributed by atoms with Crippen LogP contribution in [-0.2, 0) is 6.54 Å². The molecule has 4 heteroatoms. The van der Waals surface area contributed by atoms with Crippen molar-refractivity contribution in [3.63, 3.8) is 0 Å². The van der Waals surface area contributed by atoms with E-state index in [2.05, 4.69) is 5.10 Å². The van der Waals surface area contributed by atoms with E-state index < -0.39 is 0 Å². The number of hydrogen-bond donors (Lipinski definition) is 1. The van der Waals surface area contributed by atoms with E-state index in [-0.39, 0.29) is 6.10 Å². The van der Waals surface area contributed by atoms with Crippen LogP contribution in [0.1, 0.15) is 6.92 Å². The Bertz CT molecular complexity index is 209. The summed E-state index contributed by atoms with van der Waals surface area (Å²) in [6.45, 7) is 2.20. The van der Waals surface area contributed by atoms with Gasteiger partial charge in [-0.05, 0) is 13.0 Å². The van der Waals surface area contributed by atoms with Crippen LogP contribution >= 0.6 is 0 Å². The smallest absolute Gasteiger partial charge is 0.144 e. The first kappa shape index (κ1) is 7.34. The van der Waals surface area contributed by atoms with E-state index in [1.807, 2.05) is 0 Å².